The first-order valence-corrected chi connectivity index (χ1v) is 6.76. The Balaban J connectivity index is 2.59. The van der Waals surface area contributed by atoms with E-state index in [1.54, 1.807) is 16.8 Å². The van der Waals surface area contributed by atoms with Gasteiger partial charge in [-0.1, -0.05) is 19.9 Å². The van der Waals surface area contributed by atoms with Gasteiger partial charge in [0.15, 0.2) is 0 Å². The highest BCUT2D eigenvalue weighted by atomic mass is 79.9. The molecule has 100 valence electrons. The number of rotatable bonds is 3. The molecule has 0 atom stereocenters. The highest BCUT2D eigenvalue weighted by Gasteiger charge is 2.16. The standard InChI is InChI=1S/C14H15BrN2O2/c1-8(2)13-11(7-17(3)16-13)9-4-5-12(15)10(6-9)14(18)19/h4-8H,1-3H3,(H,18,19). The van der Waals surface area contributed by atoms with Crippen molar-refractivity contribution in [3.05, 3.63) is 40.1 Å². The third-order valence-corrected chi connectivity index (χ3v) is 3.60. The van der Waals surface area contributed by atoms with Crippen LogP contribution in [0, 0.1) is 0 Å². The zero-order valence-corrected chi connectivity index (χ0v) is 12.6. The van der Waals surface area contributed by atoms with Crippen molar-refractivity contribution in [2.45, 2.75) is 19.8 Å². The zero-order valence-electron chi connectivity index (χ0n) is 11.0. The second-order valence-corrected chi connectivity index (χ2v) is 5.61. The normalized spacial score (nSPS) is 11.0. The second kappa shape index (κ2) is 5.17. The maximum absolute atomic E-state index is 11.2. The van der Waals surface area contributed by atoms with E-state index < -0.39 is 5.97 Å². The summed E-state index contributed by atoms with van der Waals surface area (Å²) in [6.45, 7) is 4.14. The summed E-state index contributed by atoms with van der Waals surface area (Å²) in [5.41, 5.74) is 3.09. The Morgan fingerprint density at radius 1 is 1.42 bits per heavy atom. The van der Waals surface area contributed by atoms with E-state index in [-0.39, 0.29) is 11.5 Å². The van der Waals surface area contributed by atoms with E-state index >= 15 is 0 Å². The highest BCUT2D eigenvalue weighted by Crippen LogP contribution is 2.30. The molecule has 0 unspecified atom stereocenters. The number of aryl methyl sites for hydroxylation is 1. The molecule has 1 heterocycles. The van der Waals surface area contributed by atoms with Crippen LogP contribution in [0.5, 0.6) is 0 Å². The van der Waals surface area contributed by atoms with Crippen molar-refractivity contribution in [1.82, 2.24) is 9.78 Å². The monoisotopic (exact) mass is 322 g/mol. The molecule has 4 nitrogen and oxygen atoms in total. The van der Waals surface area contributed by atoms with Crippen LogP contribution in [0.25, 0.3) is 11.1 Å². The van der Waals surface area contributed by atoms with E-state index in [1.165, 1.54) is 0 Å². The van der Waals surface area contributed by atoms with Gasteiger partial charge in [-0.25, -0.2) is 4.79 Å². The van der Waals surface area contributed by atoms with Gasteiger partial charge in [-0.2, -0.15) is 5.10 Å². The lowest BCUT2D eigenvalue weighted by molar-refractivity contribution is 0.0696. The lowest BCUT2D eigenvalue weighted by Crippen LogP contribution is -1.98. The van der Waals surface area contributed by atoms with E-state index in [0.29, 0.717) is 4.47 Å². The van der Waals surface area contributed by atoms with Crippen LogP contribution in [0.3, 0.4) is 0 Å². The molecule has 0 amide bonds. The van der Waals surface area contributed by atoms with Crippen molar-refractivity contribution in [1.29, 1.82) is 0 Å². The van der Waals surface area contributed by atoms with Crippen molar-refractivity contribution >= 4 is 21.9 Å². The molecule has 1 N–H and O–H groups in total. The minimum Gasteiger partial charge on any atom is -0.478 e. The van der Waals surface area contributed by atoms with E-state index in [4.69, 9.17) is 5.11 Å². The van der Waals surface area contributed by atoms with Crippen molar-refractivity contribution in [2.24, 2.45) is 7.05 Å². The molecule has 2 rings (SSSR count). The largest absolute Gasteiger partial charge is 0.478 e. The predicted octanol–water partition coefficient (Wildman–Crippen LogP) is 3.67. The fourth-order valence-electron chi connectivity index (χ4n) is 2.01. The van der Waals surface area contributed by atoms with E-state index in [9.17, 15) is 4.79 Å². The van der Waals surface area contributed by atoms with Gasteiger partial charge in [0.05, 0.1) is 11.3 Å². The predicted molar refractivity (Wildman–Crippen MR) is 77.4 cm³/mol. The van der Waals surface area contributed by atoms with Crippen LogP contribution in [0.1, 0.15) is 35.8 Å². The van der Waals surface area contributed by atoms with Crippen LogP contribution in [-0.4, -0.2) is 20.9 Å². The summed E-state index contributed by atoms with van der Waals surface area (Å²) in [7, 11) is 1.87. The van der Waals surface area contributed by atoms with Gasteiger partial charge in [-0.05, 0) is 39.5 Å². The van der Waals surface area contributed by atoms with Gasteiger partial charge in [-0.15, -0.1) is 0 Å². The van der Waals surface area contributed by atoms with Crippen LogP contribution in [0.15, 0.2) is 28.9 Å². The number of carboxylic acid groups (broad SMARTS) is 1. The fourth-order valence-corrected chi connectivity index (χ4v) is 2.43. The van der Waals surface area contributed by atoms with Crippen molar-refractivity contribution in [3.8, 4) is 11.1 Å². The lowest BCUT2D eigenvalue weighted by atomic mass is 9.99. The molecule has 0 bridgehead atoms. The van der Waals surface area contributed by atoms with E-state index in [0.717, 1.165) is 16.8 Å². The quantitative estimate of drug-likeness (QED) is 0.937. The Hall–Kier alpha value is -1.62. The lowest BCUT2D eigenvalue weighted by Gasteiger charge is -2.07. The van der Waals surface area contributed by atoms with Gasteiger partial charge < -0.3 is 5.11 Å². The van der Waals surface area contributed by atoms with Crippen LogP contribution < -0.4 is 0 Å². The van der Waals surface area contributed by atoms with Gasteiger partial charge in [0.25, 0.3) is 0 Å². The number of carboxylic acids is 1. The number of carbonyl (C=O) groups is 1. The average molecular weight is 323 g/mol. The molecule has 0 saturated carbocycles. The van der Waals surface area contributed by atoms with E-state index in [1.807, 2.05) is 19.3 Å². The average Bonchev–Trinajstić information content (AvgIpc) is 2.71. The van der Waals surface area contributed by atoms with Crippen LogP contribution >= 0.6 is 15.9 Å². The Morgan fingerprint density at radius 3 is 2.68 bits per heavy atom. The summed E-state index contributed by atoms with van der Waals surface area (Å²) in [6, 6.07) is 5.34. The third kappa shape index (κ3) is 2.71. The summed E-state index contributed by atoms with van der Waals surface area (Å²) >= 11 is 3.25. The highest BCUT2D eigenvalue weighted by molar-refractivity contribution is 9.10. The number of aromatic carboxylic acids is 1. The van der Waals surface area contributed by atoms with Gasteiger partial charge in [0.2, 0.25) is 0 Å². The fraction of sp³-hybridized carbons (Fsp3) is 0.286. The first kappa shape index (κ1) is 13.8. The number of nitrogens with zero attached hydrogens (tertiary/aromatic N) is 2. The van der Waals surface area contributed by atoms with Crippen molar-refractivity contribution < 1.29 is 9.90 Å². The van der Waals surface area contributed by atoms with Gasteiger partial charge in [-0.3, -0.25) is 4.68 Å². The molecular weight excluding hydrogens is 308 g/mol. The summed E-state index contributed by atoms with van der Waals surface area (Å²) < 4.78 is 2.34. The Labute approximate surface area is 120 Å². The van der Waals surface area contributed by atoms with Gasteiger partial charge in [0, 0.05) is 23.3 Å². The molecule has 5 heteroatoms. The Kier molecular flexibility index (Phi) is 3.75. The first-order chi connectivity index (χ1) is 8.90. The number of benzene rings is 1. The Bertz CT molecular complexity index is 632. The van der Waals surface area contributed by atoms with Crippen LogP contribution in [0.4, 0.5) is 0 Å². The van der Waals surface area contributed by atoms with Crippen molar-refractivity contribution in [2.75, 3.05) is 0 Å². The third-order valence-electron chi connectivity index (χ3n) is 2.91. The Morgan fingerprint density at radius 2 is 2.11 bits per heavy atom. The summed E-state index contributed by atoms with van der Waals surface area (Å²) in [5.74, 6) is -0.656. The number of halogens is 1. The molecule has 2 aromatic rings. The van der Waals surface area contributed by atoms with E-state index in [2.05, 4.69) is 34.9 Å². The molecule has 0 spiro atoms. The zero-order chi connectivity index (χ0) is 14.2. The molecular formula is C14H15BrN2O2. The van der Waals surface area contributed by atoms with Crippen LogP contribution in [-0.2, 0) is 7.05 Å². The SMILES string of the molecule is CC(C)c1nn(C)cc1-c1ccc(Br)c(C(=O)O)c1. The number of aromatic nitrogens is 2. The molecule has 1 aromatic heterocycles. The first-order valence-electron chi connectivity index (χ1n) is 5.97. The summed E-state index contributed by atoms with van der Waals surface area (Å²) in [6.07, 6.45) is 1.92. The molecule has 0 saturated heterocycles. The van der Waals surface area contributed by atoms with Gasteiger partial charge in [0.1, 0.15) is 0 Å². The molecule has 1 aromatic carbocycles. The van der Waals surface area contributed by atoms with Crippen molar-refractivity contribution in [3.63, 3.8) is 0 Å². The smallest absolute Gasteiger partial charge is 0.336 e. The minimum atomic E-state index is -0.941. The maximum Gasteiger partial charge on any atom is 0.336 e. The summed E-state index contributed by atoms with van der Waals surface area (Å²) in [5, 5.41) is 13.6. The molecule has 19 heavy (non-hydrogen) atoms. The molecule has 0 radical (unpaired) electrons. The molecule has 0 aliphatic carbocycles. The minimum absolute atomic E-state index is 0.260. The second-order valence-electron chi connectivity index (χ2n) is 4.76. The molecule has 0 fully saturated rings. The number of hydrogen-bond donors (Lipinski definition) is 1. The molecule has 0 aliphatic rings. The maximum atomic E-state index is 11.2. The van der Waals surface area contributed by atoms with Gasteiger partial charge >= 0.3 is 5.97 Å². The number of hydrogen-bond acceptors (Lipinski definition) is 2. The molecule has 0 aliphatic heterocycles. The van der Waals surface area contributed by atoms with Crippen LogP contribution in [0.2, 0.25) is 0 Å². The topological polar surface area (TPSA) is 55.1 Å². The summed E-state index contributed by atoms with van der Waals surface area (Å²) in [4.78, 5) is 11.2.